The molecule has 0 saturated carbocycles. The molecule has 1 aliphatic heterocycles. The summed E-state index contributed by atoms with van der Waals surface area (Å²) in [5, 5.41) is 2.82. The topological polar surface area (TPSA) is 58.6 Å². The fourth-order valence-corrected chi connectivity index (χ4v) is 2.69. The molecule has 1 saturated heterocycles. The van der Waals surface area contributed by atoms with Gasteiger partial charge in [0.05, 0.1) is 19.2 Å². The van der Waals surface area contributed by atoms with Crippen LogP contribution >= 0.6 is 0 Å². The molecule has 0 aliphatic carbocycles. The first-order valence-electron chi connectivity index (χ1n) is 7.17. The minimum absolute atomic E-state index is 0.0131. The van der Waals surface area contributed by atoms with Gasteiger partial charge in [0.1, 0.15) is 0 Å². The smallest absolute Gasteiger partial charge is 0.416 e. The maximum atomic E-state index is 12.8. The molecular weight excluding hydrogens is 325 g/mol. The Morgan fingerprint density at radius 3 is 2.71 bits per heavy atom. The Hall–Kier alpha value is -2.51. The first kappa shape index (κ1) is 17.8. The number of methoxy groups -OCH3 is 1. The van der Waals surface area contributed by atoms with Crippen LogP contribution in [0.2, 0.25) is 0 Å². The van der Waals surface area contributed by atoms with Crippen LogP contribution in [0.4, 0.5) is 18.9 Å². The van der Waals surface area contributed by atoms with Crippen molar-refractivity contribution in [2.75, 3.05) is 25.5 Å². The van der Waals surface area contributed by atoms with Gasteiger partial charge in [-0.2, -0.15) is 13.2 Å². The molecule has 1 aliphatic rings. The summed E-state index contributed by atoms with van der Waals surface area (Å²) in [6.07, 6.45) is -3.15. The van der Waals surface area contributed by atoms with E-state index in [-0.39, 0.29) is 31.1 Å². The van der Waals surface area contributed by atoms with Gasteiger partial charge in [0.2, 0.25) is 5.91 Å². The SMILES string of the molecule is C=CC(=O)N1CCC(Nc2cccc(C(F)(F)F)c2)(C(=O)OC)C1. The second-order valence-corrected chi connectivity index (χ2v) is 5.49. The molecule has 24 heavy (non-hydrogen) atoms. The van der Waals surface area contributed by atoms with Gasteiger partial charge in [-0.15, -0.1) is 0 Å². The number of carbonyl (C=O) groups excluding carboxylic acids is 2. The number of hydrogen-bond acceptors (Lipinski definition) is 4. The van der Waals surface area contributed by atoms with Gasteiger partial charge < -0.3 is 15.0 Å². The molecule has 130 valence electrons. The number of halogens is 3. The van der Waals surface area contributed by atoms with E-state index in [1.165, 1.54) is 24.1 Å². The molecule has 2 rings (SSSR count). The van der Waals surface area contributed by atoms with E-state index in [1.54, 1.807) is 0 Å². The summed E-state index contributed by atoms with van der Waals surface area (Å²) in [5.74, 6) is -0.995. The van der Waals surface area contributed by atoms with Gasteiger partial charge in [-0.25, -0.2) is 4.79 Å². The fourth-order valence-electron chi connectivity index (χ4n) is 2.69. The molecule has 0 bridgehead atoms. The van der Waals surface area contributed by atoms with E-state index in [1.807, 2.05) is 0 Å². The first-order valence-corrected chi connectivity index (χ1v) is 7.17. The van der Waals surface area contributed by atoms with E-state index >= 15 is 0 Å². The molecule has 1 unspecified atom stereocenters. The summed E-state index contributed by atoms with van der Waals surface area (Å²) in [5.41, 5.74) is -2.00. The highest BCUT2D eigenvalue weighted by Gasteiger charge is 2.47. The third-order valence-electron chi connectivity index (χ3n) is 3.91. The molecule has 1 heterocycles. The van der Waals surface area contributed by atoms with Gasteiger partial charge >= 0.3 is 12.1 Å². The normalized spacial score (nSPS) is 20.6. The van der Waals surface area contributed by atoms with Crippen LogP contribution in [0.15, 0.2) is 36.9 Å². The van der Waals surface area contributed by atoms with E-state index in [4.69, 9.17) is 4.74 Å². The number of alkyl halides is 3. The van der Waals surface area contributed by atoms with E-state index in [0.29, 0.717) is 0 Å². The Morgan fingerprint density at radius 2 is 2.12 bits per heavy atom. The van der Waals surface area contributed by atoms with Crippen LogP contribution in [0, 0.1) is 0 Å². The van der Waals surface area contributed by atoms with E-state index < -0.39 is 23.2 Å². The number of carbonyl (C=O) groups is 2. The van der Waals surface area contributed by atoms with Crippen molar-refractivity contribution in [2.24, 2.45) is 0 Å². The third kappa shape index (κ3) is 3.52. The number of rotatable bonds is 4. The summed E-state index contributed by atoms with van der Waals surface area (Å²) >= 11 is 0. The van der Waals surface area contributed by atoms with E-state index in [0.717, 1.165) is 18.2 Å². The van der Waals surface area contributed by atoms with Crippen molar-refractivity contribution in [1.29, 1.82) is 0 Å². The molecular formula is C16H17F3N2O3. The first-order chi connectivity index (χ1) is 11.2. The van der Waals surface area contributed by atoms with Crippen molar-refractivity contribution in [3.05, 3.63) is 42.5 Å². The molecule has 8 heteroatoms. The Balaban J connectivity index is 2.30. The molecule has 1 aromatic carbocycles. The highest BCUT2D eigenvalue weighted by Crippen LogP contribution is 2.33. The van der Waals surface area contributed by atoms with Crippen LogP contribution < -0.4 is 5.32 Å². The summed E-state index contributed by atoms with van der Waals surface area (Å²) in [7, 11) is 1.19. The van der Waals surface area contributed by atoms with Crippen molar-refractivity contribution in [2.45, 2.75) is 18.1 Å². The lowest BCUT2D eigenvalue weighted by Crippen LogP contribution is -2.50. The number of esters is 1. The van der Waals surface area contributed by atoms with Gasteiger partial charge in [-0.05, 0) is 24.3 Å². The molecule has 5 nitrogen and oxygen atoms in total. The Morgan fingerprint density at radius 1 is 1.42 bits per heavy atom. The number of hydrogen-bond donors (Lipinski definition) is 1. The van der Waals surface area contributed by atoms with Crippen LogP contribution in [0.25, 0.3) is 0 Å². The molecule has 0 aromatic heterocycles. The monoisotopic (exact) mass is 342 g/mol. The van der Waals surface area contributed by atoms with Crippen LogP contribution in [-0.4, -0.2) is 42.5 Å². The van der Waals surface area contributed by atoms with Crippen LogP contribution in [0.5, 0.6) is 0 Å². The summed E-state index contributed by atoms with van der Waals surface area (Å²) in [6, 6.07) is 4.54. The maximum absolute atomic E-state index is 12.8. The van der Waals surface area contributed by atoms with Crippen LogP contribution in [0.3, 0.4) is 0 Å². The minimum atomic E-state index is -4.49. The molecule has 1 atom stereocenters. The van der Waals surface area contributed by atoms with Crippen molar-refractivity contribution in [1.82, 2.24) is 4.90 Å². The van der Waals surface area contributed by atoms with Crippen molar-refractivity contribution in [3.8, 4) is 0 Å². The molecule has 1 N–H and O–H groups in total. The Kier molecular flexibility index (Phi) is 4.86. The number of nitrogens with one attached hydrogen (secondary N) is 1. The zero-order chi connectivity index (χ0) is 18.0. The number of ether oxygens (including phenoxy) is 1. The number of anilines is 1. The van der Waals surface area contributed by atoms with Crippen LogP contribution in [-0.2, 0) is 20.5 Å². The molecule has 0 radical (unpaired) electrons. The Labute approximate surface area is 137 Å². The third-order valence-corrected chi connectivity index (χ3v) is 3.91. The van der Waals surface area contributed by atoms with E-state index in [2.05, 4.69) is 11.9 Å². The number of benzene rings is 1. The van der Waals surface area contributed by atoms with E-state index in [9.17, 15) is 22.8 Å². The predicted molar refractivity (Wildman–Crippen MR) is 81.2 cm³/mol. The van der Waals surface area contributed by atoms with Gasteiger partial charge in [0.15, 0.2) is 5.54 Å². The number of nitrogens with zero attached hydrogens (tertiary/aromatic N) is 1. The average Bonchev–Trinajstić information content (AvgIpc) is 2.98. The molecule has 0 spiro atoms. The standard InChI is InChI=1S/C16H17F3N2O3/c1-3-13(22)21-8-7-15(10-21,14(23)24-2)20-12-6-4-5-11(9-12)16(17,18)19/h3-6,9,20H,1,7-8,10H2,2H3. The van der Waals surface area contributed by atoms with Gasteiger partial charge in [0.25, 0.3) is 0 Å². The van der Waals surface area contributed by atoms with Gasteiger partial charge in [-0.1, -0.05) is 12.6 Å². The van der Waals surface area contributed by atoms with Crippen molar-refractivity contribution >= 4 is 17.6 Å². The minimum Gasteiger partial charge on any atom is -0.467 e. The zero-order valence-corrected chi connectivity index (χ0v) is 13.0. The average molecular weight is 342 g/mol. The fraction of sp³-hybridized carbons (Fsp3) is 0.375. The summed E-state index contributed by atoms with van der Waals surface area (Å²) in [6.45, 7) is 3.64. The number of likely N-dealkylation sites (tertiary alicyclic amines) is 1. The summed E-state index contributed by atoms with van der Waals surface area (Å²) in [4.78, 5) is 25.3. The quantitative estimate of drug-likeness (QED) is 0.675. The summed E-state index contributed by atoms with van der Waals surface area (Å²) < 4.78 is 43.3. The van der Waals surface area contributed by atoms with Crippen molar-refractivity contribution in [3.63, 3.8) is 0 Å². The lowest BCUT2D eigenvalue weighted by atomic mass is 9.98. The Bertz CT molecular complexity index is 660. The zero-order valence-electron chi connectivity index (χ0n) is 13.0. The molecule has 1 amide bonds. The number of amides is 1. The maximum Gasteiger partial charge on any atom is 0.416 e. The second kappa shape index (κ2) is 6.54. The largest absolute Gasteiger partial charge is 0.467 e. The van der Waals surface area contributed by atoms with Crippen LogP contribution in [0.1, 0.15) is 12.0 Å². The van der Waals surface area contributed by atoms with Gasteiger partial charge in [0, 0.05) is 18.7 Å². The highest BCUT2D eigenvalue weighted by atomic mass is 19.4. The highest BCUT2D eigenvalue weighted by molar-refractivity contribution is 5.91. The molecule has 1 fully saturated rings. The lowest BCUT2D eigenvalue weighted by molar-refractivity contribution is -0.145. The van der Waals surface area contributed by atoms with Gasteiger partial charge in [-0.3, -0.25) is 4.79 Å². The predicted octanol–water partition coefficient (Wildman–Crippen LogP) is 2.45. The molecule has 1 aromatic rings. The van der Waals surface area contributed by atoms with Crippen molar-refractivity contribution < 1.29 is 27.5 Å². The second-order valence-electron chi connectivity index (χ2n) is 5.49. The lowest BCUT2D eigenvalue weighted by Gasteiger charge is -2.29.